The Balaban J connectivity index is 1.35. The van der Waals surface area contributed by atoms with E-state index in [2.05, 4.69) is 29.8 Å². The van der Waals surface area contributed by atoms with Gasteiger partial charge in [0.25, 0.3) is 0 Å². The Morgan fingerprint density at radius 1 is 0.956 bits per heavy atom. The van der Waals surface area contributed by atoms with Crippen molar-refractivity contribution in [1.29, 1.82) is 0 Å². The topological polar surface area (TPSA) is 111 Å². The van der Waals surface area contributed by atoms with E-state index in [0.717, 1.165) is 30.4 Å². The molecule has 0 bridgehead atoms. The minimum Gasteiger partial charge on any atom is -0.340 e. The summed E-state index contributed by atoms with van der Waals surface area (Å²) in [4.78, 5) is 58.2. The summed E-state index contributed by atoms with van der Waals surface area (Å²) in [7, 11) is 0. The molecule has 0 aromatic heterocycles. The first kappa shape index (κ1) is 33.2. The highest BCUT2D eigenvalue weighted by atomic mass is 35.5. The first-order valence-electron chi connectivity index (χ1n) is 15.6. The summed E-state index contributed by atoms with van der Waals surface area (Å²) in [6, 6.07) is 9.45. The van der Waals surface area contributed by atoms with Crippen LogP contribution in [-0.2, 0) is 32.1 Å². The van der Waals surface area contributed by atoms with Gasteiger partial charge >= 0.3 is 0 Å². The quantitative estimate of drug-likeness (QED) is 0.369. The number of rotatable bonds is 7. The van der Waals surface area contributed by atoms with Crippen molar-refractivity contribution in [1.82, 2.24) is 20.4 Å². The zero-order valence-electron chi connectivity index (χ0n) is 25.7. The fraction of sp³-hybridized carbons (Fsp3) is 0.515. The number of hydrogen-bond acceptors (Lipinski definition) is 5. The average Bonchev–Trinajstić information content (AvgIpc) is 3.03. The van der Waals surface area contributed by atoms with Gasteiger partial charge < -0.3 is 25.8 Å². The number of anilines is 1. The van der Waals surface area contributed by atoms with Crippen molar-refractivity contribution >= 4 is 52.5 Å². The lowest BCUT2D eigenvalue weighted by Crippen LogP contribution is -2.65. The van der Waals surface area contributed by atoms with Gasteiger partial charge in [0, 0.05) is 37.9 Å². The molecular weight excluding hydrogens is 620 g/mol. The van der Waals surface area contributed by atoms with Crippen molar-refractivity contribution in [3.63, 3.8) is 0 Å². The molecule has 0 radical (unpaired) electrons. The normalized spacial score (nSPS) is 20.6. The summed E-state index contributed by atoms with van der Waals surface area (Å²) in [6.45, 7) is 5.89. The van der Waals surface area contributed by atoms with Gasteiger partial charge in [-0.25, -0.2) is 4.39 Å². The highest BCUT2D eigenvalue weighted by molar-refractivity contribution is 6.42. The Hall–Kier alpha value is -3.21. The van der Waals surface area contributed by atoms with Crippen LogP contribution >= 0.6 is 23.2 Å². The molecule has 2 aromatic carbocycles. The zero-order valence-corrected chi connectivity index (χ0v) is 27.2. The molecule has 0 spiro atoms. The highest BCUT2D eigenvalue weighted by Gasteiger charge is 2.45. The maximum atomic E-state index is 14.8. The smallest absolute Gasteiger partial charge is 0.250 e. The molecular formula is C33H40Cl2FN5O4. The van der Waals surface area contributed by atoms with E-state index in [9.17, 15) is 23.6 Å². The fourth-order valence-electron chi connectivity index (χ4n) is 6.69. The van der Waals surface area contributed by atoms with E-state index in [1.165, 1.54) is 17.0 Å². The molecule has 4 amide bonds. The predicted octanol–water partition coefficient (Wildman–Crippen LogP) is 4.83. The first-order valence-corrected chi connectivity index (χ1v) is 16.3. The molecule has 12 heteroatoms. The molecule has 3 aliphatic heterocycles. The Labute approximate surface area is 273 Å². The van der Waals surface area contributed by atoms with Crippen molar-refractivity contribution in [2.75, 3.05) is 25.0 Å². The predicted molar refractivity (Wildman–Crippen MR) is 171 cm³/mol. The summed E-state index contributed by atoms with van der Waals surface area (Å²) in [5, 5.41) is 8.46. The van der Waals surface area contributed by atoms with Crippen molar-refractivity contribution < 1.29 is 23.6 Å². The summed E-state index contributed by atoms with van der Waals surface area (Å²) in [6.07, 6.45) is 3.73. The fourth-order valence-corrected chi connectivity index (χ4v) is 7.00. The number of piperidine rings is 2. The summed E-state index contributed by atoms with van der Waals surface area (Å²) in [5.41, 5.74) is 0.112. The first-order chi connectivity index (χ1) is 21.4. The largest absolute Gasteiger partial charge is 0.340 e. The third-order valence-corrected chi connectivity index (χ3v) is 10.2. The molecule has 1 atom stereocenters. The number of benzene rings is 2. The van der Waals surface area contributed by atoms with E-state index >= 15 is 0 Å². The molecule has 2 fully saturated rings. The number of likely N-dealkylation sites (tertiary alicyclic amines) is 1. The van der Waals surface area contributed by atoms with Gasteiger partial charge in [-0.1, -0.05) is 47.5 Å². The van der Waals surface area contributed by atoms with Crippen molar-refractivity contribution in [2.45, 2.75) is 88.9 Å². The molecule has 0 saturated carbocycles. The number of carbonyl (C=O) groups excluding carboxylic acids is 4. The van der Waals surface area contributed by atoms with Gasteiger partial charge in [-0.3, -0.25) is 19.2 Å². The van der Waals surface area contributed by atoms with E-state index in [0.29, 0.717) is 19.6 Å². The van der Waals surface area contributed by atoms with E-state index in [-0.39, 0.29) is 71.7 Å². The van der Waals surface area contributed by atoms with Crippen LogP contribution in [-0.4, -0.2) is 70.2 Å². The summed E-state index contributed by atoms with van der Waals surface area (Å²) >= 11 is 11.9. The van der Waals surface area contributed by atoms with Gasteiger partial charge in [0.15, 0.2) is 5.82 Å². The minimum atomic E-state index is -1.36. The van der Waals surface area contributed by atoms with Crippen LogP contribution in [0.1, 0.15) is 69.9 Å². The lowest BCUT2D eigenvalue weighted by atomic mass is 9.85. The number of carbonyl (C=O) groups is 4. The van der Waals surface area contributed by atoms with E-state index in [1.54, 1.807) is 0 Å². The van der Waals surface area contributed by atoms with E-state index in [1.807, 2.05) is 29.2 Å². The van der Waals surface area contributed by atoms with Crippen molar-refractivity contribution in [3.8, 4) is 0 Å². The molecule has 0 unspecified atom stereocenters. The molecule has 3 aliphatic rings. The average molecular weight is 661 g/mol. The number of halogens is 3. The number of amides is 4. The van der Waals surface area contributed by atoms with Crippen molar-refractivity contribution in [3.05, 3.63) is 63.4 Å². The number of nitrogens with zero attached hydrogens (tertiary/aromatic N) is 2. The summed E-state index contributed by atoms with van der Waals surface area (Å²) < 4.78 is 14.8. The molecule has 2 aromatic rings. The number of nitrogens with one attached hydrogen (secondary N) is 3. The molecule has 242 valence electrons. The highest BCUT2D eigenvalue weighted by Crippen LogP contribution is 2.32. The van der Waals surface area contributed by atoms with Crippen LogP contribution < -0.4 is 16.0 Å². The lowest BCUT2D eigenvalue weighted by molar-refractivity contribution is -0.146. The monoisotopic (exact) mass is 659 g/mol. The van der Waals surface area contributed by atoms with Gasteiger partial charge in [0.2, 0.25) is 23.6 Å². The molecule has 5 rings (SSSR count). The maximum Gasteiger partial charge on any atom is 0.250 e. The summed E-state index contributed by atoms with van der Waals surface area (Å²) in [5.74, 6) is -2.29. The maximum absolute atomic E-state index is 14.8. The minimum absolute atomic E-state index is 0.0146. The van der Waals surface area contributed by atoms with Crippen LogP contribution in [0.5, 0.6) is 0 Å². The van der Waals surface area contributed by atoms with Gasteiger partial charge in [-0.2, -0.15) is 0 Å². The van der Waals surface area contributed by atoms with E-state index in [4.69, 9.17) is 23.2 Å². The Bertz CT molecular complexity index is 1480. The van der Waals surface area contributed by atoms with E-state index < -0.39 is 29.2 Å². The standard InChI is InChI=1S/C33H40Cl2FN5O4/c1-32(2)13-5-6-18-41(32)27(43)12-11-26(42)40-20-22-8-4-3-7-21(22)19-25(40)30(44)39-33(14-16-37-17-15-33)31(45)38-24-10-9-23(34)28(35)29(24)36/h3-4,7-10,25,37H,5-6,11-20H2,1-2H3,(H,38,45)(H,39,44)/t25-/m0/s1. The number of hydrogen-bond donors (Lipinski definition) is 3. The third kappa shape index (κ3) is 7.13. The van der Waals surface area contributed by atoms with Gasteiger partial charge in [0.05, 0.1) is 15.7 Å². The van der Waals surface area contributed by atoms with Gasteiger partial charge in [-0.05, 0) is 82.3 Å². The third-order valence-electron chi connectivity index (χ3n) is 9.41. The van der Waals surface area contributed by atoms with Gasteiger partial charge in [-0.15, -0.1) is 0 Å². The van der Waals surface area contributed by atoms with Crippen LogP contribution in [0, 0.1) is 5.82 Å². The molecule has 2 saturated heterocycles. The van der Waals surface area contributed by atoms with Crippen LogP contribution in [0.4, 0.5) is 10.1 Å². The van der Waals surface area contributed by atoms with Crippen LogP contribution in [0.2, 0.25) is 10.0 Å². The Morgan fingerprint density at radius 3 is 2.36 bits per heavy atom. The van der Waals surface area contributed by atoms with Crippen LogP contribution in [0.3, 0.4) is 0 Å². The Kier molecular flexibility index (Phi) is 10.1. The molecule has 3 heterocycles. The van der Waals surface area contributed by atoms with Gasteiger partial charge in [0.1, 0.15) is 11.6 Å². The second-order valence-corrected chi connectivity index (χ2v) is 13.6. The van der Waals surface area contributed by atoms with Crippen molar-refractivity contribution in [2.24, 2.45) is 0 Å². The van der Waals surface area contributed by atoms with Crippen LogP contribution in [0.25, 0.3) is 0 Å². The molecule has 9 nitrogen and oxygen atoms in total. The molecule has 45 heavy (non-hydrogen) atoms. The van der Waals surface area contributed by atoms with Crippen LogP contribution in [0.15, 0.2) is 36.4 Å². The second-order valence-electron chi connectivity index (χ2n) is 12.8. The SMILES string of the molecule is CC1(C)CCCCN1C(=O)CCC(=O)N1Cc2ccccc2C[C@H]1C(=O)NC1(C(=O)Nc2ccc(Cl)c(Cl)c2F)CCNCC1. The lowest BCUT2D eigenvalue weighted by Gasteiger charge is -2.43. The second kappa shape index (κ2) is 13.6. The molecule has 3 N–H and O–H groups in total. The Morgan fingerprint density at radius 2 is 1.64 bits per heavy atom. The zero-order chi connectivity index (χ0) is 32.4. The number of fused-ring (bicyclic) bond motifs is 1. The molecule has 0 aliphatic carbocycles.